The van der Waals surface area contributed by atoms with E-state index in [0.29, 0.717) is 17.3 Å². The quantitative estimate of drug-likeness (QED) is 0.788. The summed E-state index contributed by atoms with van der Waals surface area (Å²) in [4.78, 5) is 5.55. The van der Waals surface area contributed by atoms with Gasteiger partial charge in [-0.1, -0.05) is 25.1 Å². The molecule has 0 spiro atoms. The first kappa shape index (κ1) is 17.0. The van der Waals surface area contributed by atoms with Crippen LogP contribution in [0.3, 0.4) is 0 Å². The molecule has 0 unspecified atom stereocenters. The number of benzene rings is 1. The molecule has 2 heterocycles. The van der Waals surface area contributed by atoms with E-state index in [1.165, 1.54) is 0 Å². The summed E-state index contributed by atoms with van der Waals surface area (Å²) in [5, 5.41) is 2.85. The van der Waals surface area contributed by atoms with Crippen LogP contribution in [0.2, 0.25) is 0 Å². The van der Waals surface area contributed by atoms with Gasteiger partial charge in [0, 0.05) is 24.1 Å². The van der Waals surface area contributed by atoms with E-state index in [9.17, 15) is 13.2 Å². The Hall–Kier alpha value is -1.89. The Bertz CT molecular complexity index is 778. The highest BCUT2D eigenvalue weighted by molar-refractivity contribution is 7.99. The number of nitrogens with zero attached hydrogens (tertiary/aromatic N) is 2. The fourth-order valence-corrected chi connectivity index (χ4v) is 3.55. The molecule has 0 aliphatic carbocycles. The fourth-order valence-electron chi connectivity index (χ4n) is 2.64. The monoisotopic (exact) mass is 353 g/mol. The van der Waals surface area contributed by atoms with Gasteiger partial charge in [0.1, 0.15) is 17.3 Å². The van der Waals surface area contributed by atoms with E-state index in [1.807, 2.05) is 35.9 Å². The van der Waals surface area contributed by atoms with Crippen molar-refractivity contribution in [3.05, 3.63) is 35.5 Å². The van der Waals surface area contributed by atoms with E-state index in [-0.39, 0.29) is 6.54 Å². The molecule has 1 aliphatic rings. The summed E-state index contributed by atoms with van der Waals surface area (Å²) in [7, 11) is 1.82. The third-order valence-corrected chi connectivity index (χ3v) is 5.11. The van der Waals surface area contributed by atoms with Crippen molar-refractivity contribution < 1.29 is 13.2 Å². The number of imidazole rings is 1. The van der Waals surface area contributed by atoms with Crippen molar-refractivity contribution in [2.24, 2.45) is 7.05 Å². The van der Waals surface area contributed by atoms with Crippen LogP contribution < -0.4 is 5.32 Å². The van der Waals surface area contributed by atoms with Gasteiger partial charge in [0.2, 0.25) is 0 Å². The summed E-state index contributed by atoms with van der Waals surface area (Å²) >= 11 is 1.73. The van der Waals surface area contributed by atoms with Crippen molar-refractivity contribution in [3.8, 4) is 11.4 Å². The van der Waals surface area contributed by atoms with Crippen LogP contribution >= 0.6 is 11.8 Å². The van der Waals surface area contributed by atoms with Gasteiger partial charge < -0.3 is 9.88 Å². The standard InChI is InChI=1S/C17H18F3N3S/c1-3-8-24-14-7-5-4-6-12(14)15-22-13-9-11(17(18,19)20)10-21-16(13)23(15)2/h4-7,9,21H,3,8,10H2,1-2H3. The second kappa shape index (κ2) is 6.55. The first-order valence-electron chi connectivity index (χ1n) is 7.72. The molecule has 0 atom stereocenters. The second-order valence-electron chi connectivity index (χ2n) is 5.59. The lowest BCUT2D eigenvalue weighted by molar-refractivity contribution is -0.0909. The first-order chi connectivity index (χ1) is 11.4. The Balaban J connectivity index is 2.04. The van der Waals surface area contributed by atoms with Crippen LogP contribution in [0.1, 0.15) is 19.0 Å². The lowest BCUT2D eigenvalue weighted by Crippen LogP contribution is -2.23. The molecular weight excluding hydrogens is 335 g/mol. The van der Waals surface area contributed by atoms with Crippen molar-refractivity contribution >= 4 is 23.7 Å². The molecule has 3 nitrogen and oxygen atoms in total. The van der Waals surface area contributed by atoms with Gasteiger partial charge in [0.25, 0.3) is 0 Å². The average molecular weight is 353 g/mol. The van der Waals surface area contributed by atoms with Gasteiger partial charge in [-0.2, -0.15) is 13.2 Å². The van der Waals surface area contributed by atoms with Gasteiger partial charge in [-0.15, -0.1) is 11.8 Å². The van der Waals surface area contributed by atoms with Crippen LogP contribution in [0.5, 0.6) is 0 Å². The number of alkyl halides is 3. The number of halogens is 3. The van der Waals surface area contributed by atoms with Crippen molar-refractivity contribution in [3.63, 3.8) is 0 Å². The molecular formula is C17H18F3N3S. The minimum absolute atomic E-state index is 0.234. The van der Waals surface area contributed by atoms with Crippen LogP contribution in [0.15, 0.2) is 34.7 Å². The van der Waals surface area contributed by atoms with Crippen LogP contribution in [-0.4, -0.2) is 28.0 Å². The van der Waals surface area contributed by atoms with E-state index in [4.69, 9.17) is 0 Å². The van der Waals surface area contributed by atoms with Gasteiger partial charge in [-0.25, -0.2) is 4.98 Å². The summed E-state index contributed by atoms with van der Waals surface area (Å²) in [6.07, 6.45) is -2.15. The predicted molar refractivity (Wildman–Crippen MR) is 92.2 cm³/mol. The Morgan fingerprint density at radius 1 is 1.29 bits per heavy atom. The third kappa shape index (κ3) is 3.17. The van der Waals surface area contributed by atoms with Crippen molar-refractivity contribution in [2.45, 2.75) is 24.4 Å². The average Bonchev–Trinajstić information content (AvgIpc) is 2.89. The molecule has 0 fully saturated rings. The highest BCUT2D eigenvalue weighted by atomic mass is 32.2. The first-order valence-corrected chi connectivity index (χ1v) is 8.71. The molecule has 2 aromatic rings. The minimum atomic E-state index is -4.34. The van der Waals surface area contributed by atoms with Crippen molar-refractivity contribution in [2.75, 3.05) is 17.6 Å². The molecule has 1 N–H and O–H groups in total. The van der Waals surface area contributed by atoms with Crippen LogP contribution in [0.25, 0.3) is 17.5 Å². The maximum atomic E-state index is 12.9. The normalized spacial score (nSPS) is 14.1. The number of fused-ring (bicyclic) bond motifs is 1. The van der Waals surface area contributed by atoms with Crippen molar-refractivity contribution in [1.82, 2.24) is 9.55 Å². The summed E-state index contributed by atoms with van der Waals surface area (Å²) < 4.78 is 40.6. The van der Waals surface area contributed by atoms with Crippen molar-refractivity contribution in [1.29, 1.82) is 0 Å². The number of rotatable bonds is 4. The molecule has 128 valence electrons. The molecule has 7 heteroatoms. The molecule has 0 saturated heterocycles. The van der Waals surface area contributed by atoms with Gasteiger partial charge in [0.05, 0.1) is 5.57 Å². The van der Waals surface area contributed by atoms with Crippen LogP contribution in [-0.2, 0) is 7.05 Å². The molecule has 3 rings (SSSR count). The van der Waals surface area contributed by atoms with Gasteiger partial charge in [-0.05, 0) is 24.3 Å². The summed E-state index contributed by atoms with van der Waals surface area (Å²) in [6.45, 7) is 1.88. The smallest absolute Gasteiger partial charge is 0.366 e. The molecule has 0 amide bonds. The second-order valence-corrected chi connectivity index (χ2v) is 6.73. The highest BCUT2D eigenvalue weighted by Gasteiger charge is 2.36. The molecule has 0 saturated carbocycles. The Morgan fingerprint density at radius 3 is 2.75 bits per heavy atom. The summed E-state index contributed by atoms with van der Waals surface area (Å²) in [5.74, 6) is 2.28. The minimum Gasteiger partial charge on any atom is -0.366 e. The zero-order chi connectivity index (χ0) is 17.3. The third-order valence-electron chi connectivity index (χ3n) is 3.83. The summed E-state index contributed by atoms with van der Waals surface area (Å²) in [5.41, 5.74) is 0.672. The van der Waals surface area contributed by atoms with Gasteiger partial charge in [0.15, 0.2) is 0 Å². The van der Waals surface area contributed by atoms with E-state index >= 15 is 0 Å². The molecule has 24 heavy (non-hydrogen) atoms. The molecule has 0 radical (unpaired) electrons. The largest absolute Gasteiger partial charge is 0.414 e. The molecule has 0 bridgehead atoms. The van der Waals surface area contributed by atoms with Gasteiger partial charge >= 0.3 is 6.18 Å². The fraction of sp³-hybridized carbons (Fsp3) is 0.353. The molecule has 1 aliphatic heterocycles. The highest BCUT2D eigenvalue weighted by Crippen LogP contribution is 2.37. The molecule has 1 aromatic carbocycles. The number of hydrogen-bond acceptors (Lipinski definition) is 3. The Morgan fingerprint density at radius 2 is 2.04 bits per heavy atom. The van der Waals surface area contributed by atoms with Crippen LogP contribution in [0.4, 0.5) is 19.0 Å². The van der Waals surface area contributed by atoms with Crippen LogP contribution in [0, 0.1) is 0 Å². The maximum absolute atomic E-state index is 12.9. The van der Waals surface area contributed by atoms with E-state index < -0.39 is 11.7 Å². The van der Waals surface area contributed by atoms with E-state index in [0.717, 1.165) is 28.7 Å². The zero-order valence-corrected chi connectivity index (χ0v) is 14.3. The zero-order valence-electron chi connectivity index (χ0n) is 13.4. The van der Waals surface area contributed by atoms with E-state index in [1.54, 1.807) is 11.8 Å². The topological polar surface area (TPSA) is 29.9 Å². The SMILES string of the molecule is CCCSc1ccccc1-c1nc2c(n1C)NCC(C(F)(F)F)=C2. The Labute approximate surface area is 143 Å². The number of nitrogens with one attached hydrogen (secondary N) is 1. The summed E-state index contributed by atoms with van der Waals surface area (Å²) in [6, 6.07) is 7.86. The Kier molecular flexibility index (Phi) is 4.62. The molecule has 1 aromatic heterocycles. The number of aromatic nitrogens is 2. The van der Waals surface area contributed by atoms with Gasteiger partial charge in [-0.3, -0.25) is 0 Å². The predicted octanol–water partition coefficient (Wildman–Crippen LogP) is 4.96. The number of thioether (sulfide) groups is 1. The van der Waals surface area contributed by atoms with E-state index in [2.05, 4.69) is 17.2 Å². The lowest BCUT2D eigenvalue weighted by atomic mass is 10.1. The maximum Gasteiger partial charge on any atom is 0.414 e. The number of hydrogen-bond donors (Lipinski definition) is 1. The lowest BCUT2D eigenvalue weighted by Gasteiger charge is -2.18. The number of anilines is 1.